The fourth-order valence-corrected chi connectivity index (χ4v) is 2.52. The van der Waals surface area contributed by atoms with E-state index in [4.69, 9.17) is 22.1 Å². The molecular formula is C15H26ClN3O. The second-order valence-corrected chi connectivity index (χ2v) is 5.69. The molecule has 0 fully saturated rings. The van der Waals surface area contributed by atoms with Gasteiger partial charge in [0, 0.05) is 12.6 Å². The van der Waals surface area contributed by atoms with E-state index in [-0.39, 0.29) is 6.04 Å². The molecule has 0 saturated carbocycles. The van der Waals surface area contributed by atoms with Crippen LogP contribution in [0.15, 0.2) is 18.2 Å². The third-order valence-corrected chi connectivity index (χ3v) is 3.73. The molecule has 1 rings (SSSR count). The first kappa shape index (κ1) is 17.2. The Morgan fingerprint density at radius 1 is 1.25 bits per heavy atom. The number of methoxy groups -OCH3 is 1. The highest BCUT2D eigenvalue weighted by atomic mass is 35.5. The molecule has 114 valence electrons. The summed E-state index contributed by atoms with van der Waals surface area (Å²) in [5, 5.41) is 0.630. The Bertz CT molecular complexity index is 412. The third kappa shape index (κ3) is 4.94. The van der Waals surface area contributed by atoms with Gasteiger partial charge in [-0.2, -0.15) is 0 Å². The highest BCUT2D eigenvalue weighted by Gasteiger charge is 2.16. The van der Waals surface area contributed by atoms with E-state index < -0.39 is 0 Å². The van der Waals surface area contributed by atoms with Crippen LogP contribution in [0.4, 0.5) is 0 Å². The molecule has 1 atom stereocenters. The van der Waals surface area contributed by atoms with Gasteiger partial charge < -0.3 is 15.4 Å². The lowest BCUT2D eigenvalue weighted by Gasteiger charge is -2.28. The summed E-state index contributed by atoms with van der Waals surface area (Å²) in [6.07, 6.45) is 1.11. The van der Waals surface area contributed by atoms with Crippen LogP contribution in [0, 0.1) is 0 Å². The lowest BCUT2D eigenvalue weighted by Crippen LogP contribution is -2.32. The Kier molecular flexibility index (Phi) is 7.30. The Morgan fingerprint density at radius 2 is 1.95 bits per heavy atom. The molecule has 0 saturated heterocycles. The van der Waals surface area contributed by atoms with E-state index in [0.717, 1.165) is 25.1 Å². The fourth-order valence-electron chi connectivity index (χ4n) is 2.25. The van der Waals surface area contributed by atoms with Crippen molar-refractivity contribution in [1.29, 1.82) is 0 Å². The monoisotopic (exact) mass is 299 g/mol. The average molecular weight is 300 g/mol. The summed E-state index contributed by atoms with van der Waals surface area (Å²) in [6, 6.07) is 6.06. The summed E-state index contributed by atoms with van der Waals surface area (Å²) < 4.78 is 5.18. The van der Waals surface area contributed by atoms with Crippen molar-refractivity contribution in [2.45, 2.75) is 12.5 Å². The summed E-state index contributed by atoms with van der Waals surface area (Å²) in [6.45, 7) is 2.65. The molecule has 0 aliphatic rings. The van der Waals surface area contributed by atoms with Gasteiger partial charge in [-0.3, -0.25) is 4.90 Å². The zero-order chi connectivity index (χ0) is 15.1. The predicted octanol–water partition coefficient (Wildman–Crippen LogP) is 2.23. The number of hydrogen-bond donors (Lipinski definition) is 1. The fraction of sp³-hybridized carbons (Fsp3) is 0.600. The highest BCUT2D eigenvalue weighted by molar-refractivity contribution is 6.32. The highest BCUT2D eigenvalue weighted by Crippen LogP contribution is 2.29. The van der Waals surface area contributed by atoms with Crippen molar-refractivity contribution >= 4 is 11.6 Å². The molecule has 0 aliphatic carbocycles. The normalized spacial score (nSPS) is 13.0. The van der Waals surface area contributed by atoms with Crippen LogP contribution in [0.5, 0.6) is 5.75 Å². The summed E-state index contributed by atoms with van der Waals surface area (Å²) >= 11 is 6.19. The molecule has 1 aromatic carbocycles. The predicted molar refractivity (Wildman–Crippen MR) is 85.6 cm³/mol. The number of rotatable bonds is 8. The minimum atomic E-state index is 0.181. The number of benzene rings is 1. The van der Waals surface area contributed by atoms with Crippen LogP contribution >= 0.6 is 11.6 Å². The molecule has 20 heavy (non-hydrogen) atoms. The van der Waals surface area contributed by atoms with Gasteiger partial charge in [-0.25, -0.2) is 0 Å². The van der Waals surface area contributed by atoms with Gasteiger partial charge in [0.15, 0.2) is 0 Å². The van der Waals surface area contributed by atoms with Crippen molar-refractivity contribution in [3.05, 3.63) is 28.8 Å². The summed E-state index contributed by atoms with van der Waals surface area (Å²) in [4.78, 5) is 4.47. The Hall–Kier alpha value is -0.810. The molecule has 5 heteroatoms. The largest absolute Gasteiger partial charge is 0.495 e. The summed E-state index contributed by atoms with van der Waals surface area (Å²) in [7, 11) is 7.90. The zero-order valence-electron chi connectivity index (χ0n) is 12.9. The molecule has 0 aromatic heterocycles. The molecule has 2 N–H and O–H groups in total. The van der Waals surface area contributed by atoms with Crippen LogP contribution in [-0.4, -0.2) is 57.7 Å². The van der Waals surface area contributed by atoms with E-state index in [1.54, 1.807) is 7.11 Å². The van der Waals surface area contributed by atoms with E-state index in [0.29, 0.717) is 17.3 Å². The lowest BCUT2D eigenvalue weighted by molar-refractivity contribution is 0.235. The van der Waals surface area contributed by atoms with Gasteiger partial charge in [-0.15, -0.1) is 0 Å². The zero-order valence-corrected chi connectivity index (χ0v) is 13.7. The molecule has 0 bridgehead atoms. The smallest absolute Gasteiger partial charge is 0.137 e. The molecule has 0 heterocycles. The van der Waals surface area contributed by atoms with E-state index in [2.05, 4.69) is 30.9 Å². The van der Waals surface area contributed by atoms with Crippen LogP contribution < -0.4 is 10.5 Å². The molecular weight excluding hydrogens is 274 g/mol. The summed E-state index contributed by atoms with van der Waals surface area (Å²) in [5.41, 5.74) is 7.06. The Balaban J connectivity index is 2.71. The van der Waals surface area contributed by atoms with E-state index in [9.17, 15) is 0 Å². The van der Waals surface area contributed by atoms with Crippen LogP contribution in [-0.2, 0) is 0 Å². The second kappa shape index (κ2) is 8.47. The van der Waals surface area contributed by atoms with Gasteiger partial charge in [-0.05, 0) is 58.3 Å². The minimum absolute atomic E-state index is 0.181. The van der Waals surface area contributed by atoms with Crippen LogP contribution in [0.1, 0.15) is 18.0 Å². The maximum absolute atomic E-state index is 6.19. The maximum Gasteiger partial charge on any atom is 0.137 e. The summed E-state index contributed by atoms with van der Waals surface area (Å²) in [5.74, 6) is 0.696. The molecule has 0 aliphatic heterocycles. The average Bonchev–Trinajstić information content (AvgIpc) is 2.39. The first-order valence-electron chi connectivity index (χ1n) is 6.88. The number of ether oxygens (including phenoxy) is 1. The van der Waals surface area contributed by atoms with Gasteiger partial charge in [0.2, 0.25) is 0 Å². The Labute approximate surface area is 127 Å². The van der Waals surface area contributed by atoms with Crippen molar-refractivity contribution in [3.8, 4) is 5.75 Å². The molecule has 1 aromatic rings. The first-order chi connectivity index (χ1) is 9.49. The van der Waals surface area contributed by atoms with Crippen molar-refractivity contribution < 1.29 is 4.74 Å². The van der Waals surface area contributed by atoms with E-state index in [1.807, 2.05) is 18.2 Å². The SMILES string of the molecule is COc1ccc(C(CN)N(C)CCCN(C)C)cc1Cl. The molecule has 0 spiro atoms. The first-order valence-corrected chi connectivity index (χ1v) is 7.25. The van der Waals surface area contributed by atoms with Gasteiger partial charge >= 0.3 is 0 Å². The van der Waals surface area contributed by atoms with Crippen LogP contribution in [0.3, 0.4) is 0 Å². The standard InChI is InChI=1S/C15H26ClN3O/c1-18(2)8-5-9-19(3)14(11-17)12-6-7-15(20-4)13(16)10-12/h6-7,10,14H,5,8-9,11,17H2,1-4H3. The lowest BCUT2D eigenvalue weighted by atomic mass is 10.1. The van der Waals surface area contributed by atoms with E-state index >= 15 is 0 Å². The maximum atomic E-state index is 6.19. The number of likely N-dealkylation sites (N-methyl/N-ethyl adjacent to an activating group) is 1. The molecule has 0 radical (unpaired) electrons. The van der Waals surface area contributed by atoms with Crippen LogP contribution in [0.25, 0.3) is 0 Å². The minimum Gasteiger partial charge on any atom is -0.495 e. The number of nitrogens with two attached hydrogens (primary N) is 1. The van der Waals surface area contributed by atoms with Crippen molar-refractivity contribution in [2.24, 2.45) is 5.73 Å². The van der Waals surface area contributed by atoms with Gasteiger partial charge in [0.05, 0.1) is 12.1 Å². The Morgan fingerprint density at radius 3 is 2.45 bits per heavy atom. The number of hydrogen-bond acceptors (Lipinski definition) is 4. The van der Waals surface area contributed by atoms with Crippen molar-refractivity contribution in [2.75, 3.05) is 47.9 Å². The molecule has 1 unspecified atom stereocenters. The van der Waals surface area contributed by atoms with E-state index in [1.165, 1.54) is 0 Å². The molecule has 0 amide bonds. The molecule has 4 nitrogen and oxygen atoms in total. The van der Waals surface area contributed by atoms with Gasteiger partial charge in [0.1, 0.15) is 5.75 Å². The van der Waals surface area contributed by atoms with Crippen molar-refractivity contribution in [1.82, 2.24) is 9.80 Å². The van der Waals surface area contributed by atoms with Crippen molar-refractivity contribution in [3.63, 3.8) is 0 Å². The quantitative estimate of drug-likeness (QED) is 0.799. The van der Waals surface area contributed by atoms with Gasteiger partial charge in [0.25, 0.3) is 0 Å². The number of nitrogens with zero attached hydrogens (tertiary/aromatic N) is 2. The van der Waals surface area contributed by atoms with Crippen LogP contribution in [0.2, 0.25) is 5.02 Å². The topological polar surface area (TPSA) is 41.7 Å². The number of halogens is 1. The van der Waals surface area contributed by atoms with Gasteiger partial charge in [-0.1, -0.05) is 17.7 Å². The second-order valence-electron chi connectivity index (χ2n) is 5.28. The third-order valence-electron chi connectivity index (χ3n) is 3.43.